The molecule has 0 unspecified atom stereocenters. The van der Waals surface area contributed by atoms with Gasteiger partial charge in [-0.2, -0.15) is 0 Å². The largest absolute Gasteiger partial charge is 0.380 e. The number of hydrogen-bond acceptors (Lipinski definition) is 4. The Balaban J connectivity index is 2.30. The average Bonchev–Trinajstić information content (AvgIpc) is 2.36. The van der Waals surface area contributed by atoms with Gasteiger partial charge < -0.3 is 10.1 Å². The Morgan fingerprint density at radius 3 is 2.72 bits per heavy atom. The molecule has 94 valence electrons. The van der Waals surface area contributed by atoms with E-state index in [4.69, 9.17) is 27.9 Å². The molecule has 0 amide bonds. The maximum atomic E-state index is 5.95. The van der Waals surface area contributed by atoms with Gasteiger partial charge in [0.2, 0.25) is 0 Å². The zero-order valence-corrected chi connectivity index (χ0v) is 11.2. The lowest BCUT2D eigenvalue weighted by molar-refractivity contribution is 0.185. The van der Waals surface area contributed by atoms with Crippen molar-refractivity contribution in [1.29, 1.82) is 0 Å². The van der Waals surface area contributed by atoms with Crippen LogP contribution in [0.5, 0.6) is 0 Å². The maximum Gasteiger partial charge on any atom is 0.175 e. The molecule has 1 aromatic heterocycles. The topological polar surface area (TPSA) is 47.0 Å². The summed E-state index contributed by atoms with van der Waals surface area (Å²) in [5, 5.41) is 11.1. The van der Waals surface area contributed by atoms with Gasteiger partial charge in [0.05, 0.1) is 12.3 Å². The second kappa shape index (κ2) is 6.00. The molecule has 1 heterocycles. The number of ether oxygens (including phenoxy) is 1. The standard InChI is InChI=1S/C12H11Cl2N3O/c1-18-7-8-4-2-3-5-9(8)15-10-6-11(13)16-17-12(10)14/h2-6H,7H2,1H3,(H,15,16). The minimum absolute atomic E-state index is 0.270. The van der Waals surface area contributed by atoms with E-state index in [1.54, 1.807) is 13.2 Å². The number of methoxy groups -OCH3 is 1. The average molecular weight is 284 g/mol. The smallest absolute Gasteiger partial charge is 0.175 e. The Labute approximate surface area is 115 Å². The third-order valence-electron chi connectivity index (χ3n) is 2.31. The van der Waals surface area contributed by atoms with Crippen LogP contribution in [0, 0.1) is 0 Å². The lowest BCUT2D eigenvalue weighted by atomic mass is 10.2. The Morgan fingerprint density at radius 2 is 1.94 bits per heavy atom. The number of anilines is 2. The zero-order valence-electron chi connectivity index (χ0n) is 9.65. The molecule has 2 aromatic rings. The van der Waals surface area contributed by atoms with E-state index in [1.807, 2.05) is 24.3 Å². The van der Waals surface area contributed by atoms with Crippen molar-refractivity contribution in [1.82, 2.24) is 10.2 Å². The third kappa shape index (κ3) is 3.10. The van der Waals surface area contributed by atoms with Crippen molar-refractivity contribution in [3.05, 3.63) is 46.2 Å². The first kappa shape index (κ1) is 13.1. The van der Waals surface area contributed by atoms with Gasteiger partial charge in [0, 0.05) is 24.4 Å². The SMILES string of the molecule is COCc1ccccc1Nc1cc(Cl)nnc1Cl. The predicted octanol–water partition coefficient (Wildman–Crippen LogP) is 3.67. The summed E-state index contributed by atoms with van der Waals surface area (Å²) in [5.41, 5.74) is 2.52. The van der Waals surface area contributed by atoms with E-state index in [-0.39, 0.29) is 10.3 Å². The zero-order chi connectivity index (χ0) is 13.0. The van der Waals surface area contributed by atoms with Gasteiger partial charge in [-0.1, -0.05) is 41.4 Å². The van der Waals surface area contributed by atoms with Gasteiger partial charge in [-0.15, -0.1) is 10.2 Å². The summed E-state index contributed by atoms with van der Waals surface area (Å²) >= 11 is 11.7. The van der Waals surface area contributed by atoms with Crippen LogP contribution in [-0.4, -0.2) is 17.3 Å². The van der Waals surface area contributed by atoms with Crippen LogP contribution in [0.4, 0.5) is 11.4 Å². The lowest BCUT2D eigenvalue weighted by Crippen LogP contribution is -1.99. The van der Waals surface area contributed by atoms with Crippen LogP contribution < -0.4 is 5.32 Å². The van der Waals surface area contributed by atoms with E-state index in [9.17, 15) is 0 Å². The van der Waals surface area contributed by atoms with E-state index in [0.29, 0.717) is 12.3 Å². The number of nitrogens with zero attached hydrogens (tertiary/aromatic N) is 2. The fourth-order valence-electron chi connectivity index (χ4n) is 1.51. The Morgan fingerprint density at radius 1 is 1.17 bits per heavy atom. The Hall–Kier alpha value is -1.36. The molecular weight excluding hydrogens is 273 g/mol. The molecule has 4 nitrogen and oxygen atoms in total. The summed E-state index contributed by atoms with van der Waals surface area (Å²) in [6.07, 6.45) is 0. The molecule has 6 heteroatoms. The van der Waals surface area contributed by atoms with Crippen molar-refractivity contribution in [2.75, 3.05) is 12.4 Å². The van der Waals surface area contributed by atoms with Crippen molar-refractivity contribution in [2.24, 2.45) is 0 Å². The van der Waals surface area contributed by atoms with Crippen LogP contribution in [0.3, 0.4) is 0 Å². The second-order valence-electron chi connectivity index (χ2n) is 3.59. The summed E-state index contributed by atoms with van der Waals surface area (Å²) in [5.74, 6) is 0. The summed E-state index contributed by atoms with van der Waals surface area (Å²) in [6.45, 7) is 0.507. The lowest BCUT2D eigenvalue weighted by Gasteiger charge is -2.12. The van der Waals surface area contributed by atoms with Crippen LogP contribution in [0.2, 0.25) is 10.3 Å². The van der Waals surface area contributed by atoms with Crippen LogP contribution in [0.15, 0.2) is 30.3 Å². The fourth-order valence-corrected chi connectivity index (χ4v) is 1.80. The van der Waals surface area contributed by atoms with Crippen molar-refractivity contribution >= 4 is 34.6 Å². The van der Waals surface area contributed by atoms with E-state index in [1.165, 1.54) is 0 Å². The molecule has 0 bridgehead atoms. The van der Waals surface area contributed by atoms with Crippen molar-refractivity contribution in [3.8, 4) is 0 Å². The highest BCUT2D eigenvalue weighted by molar-refractivity contribution is 6.33. The highest BCUT2D eigenvalue weighted by Crippen LogP contribution is 2.27. The normalized spacial score (nSPS) is 10.4. The third-order valence-corrected chi connectivity index (χ3v) is 2.77. The van der Waals surface area contributed by atoms with Gasteiger partial charge in [-0.25, -0.2) is 0 Å². The molecule has 0 atom stereocenters. The minimum atomic E-state index is 0.270. The maximum absolute atomic E-state index is 5.95. The molecule has 0 saturated heterocycles. The predicted molar refractivity (Wildman–Crippen MR) is 72.5 cm³/mol. The Kier molecular flexibility index (Phi) is 4.36. The molecule has 1 aromatic carbocycles. The van der Waals surface area contributed by atoms with Gasteiger partial charge in [-0.3, -0.25) is 0 Å². The van der Waals surface area contributed by atoms with Gasteiger partial charge >= 0.3 is 0 Å². The minimum Gasteiger partial charge on any atom is -0.380 e. The van der Waals surface area contributed by atoms with E-state index >= 15 is 0 Å². The first-order chi connectivity index (χ1) is 8.70. The number of benzene rings is 1. The van der Waals surface area contributed by atoms with E-state index in [2.05, 4.69) is 15.5 Å². The highest BCUT2D eigenvalue weighted by atomic mass is 35.5. The molecule has 0 radical (unpaired) electrons. The van der Waals surface area contributed by atoms with Crippen LogP contribution in [0.25, 0.3) is 0 Å². The molecule has 0 fully saturated rings. The number of halogens is 2. The molecule has 0 spiro atoms. The van der Waals surface area contributed by atoms with Crippen molar-refractivity contribution in [2.45, 2.75) is 6.61 Å². The van der Waals surface area contributed by atoms with Crippen LogP contribution in [0.1, 0.15) is 5.56 Å². The van der Waals surface area contributed by atoms with Gasteiger partial charge in [0.1, 0.15) is 0 Å². The van der Waals surface area contributed by atoms with Gasteiger partial charge in [0.25, 0.3) is 0 Å². The molecule has 1 N–H and O–H groups in total. The summed E-state index contributed by atoms with van der Waals surface area (Å²) in [7, 11) is 1.65. The van der Waals surface area contributed by atoms with Gasteiger partial charge in [0.15, 0.2) is 10.3 Å². The first-order valence-corrected chi connectivity index (χ1v) is 5.99. The number of hydrogen-bond donors (Lipinski definition) is 1. The number of para-hydroxylation sites is 1. The molecule has 0 aliphatic carbocycles. The molecular formula is C12H11Cl2N3O. The second-order valence-corrected chi connectivity index (χ2v) is 4.33. The van der Waals surface area contributed by atoms with Crippen molar-refractivity contribution < 1.29 is 4.74 Å². The molecule has 0 saturated carbocycles. The summed E-state index contributed by atoms with van der Waals surface area (Å²) in [6, 6.07) is 9.39. The van der Waals surface area contributed by atoms with E-state index in [0.717, 1.165) is 11.3 Å². The number of nitrogens with one attached hydrogen (secondary N) is 1. The molecule has 2 rings (SSSR count). The quantitative estimate of drug-likeness (QED) is 0.930. The molecule has 18 heavy (non-hydrogen) atoms. The molecule has 0 aliphatic heterocycles. The number of rotatable bonds is 4. The van der Waals surface area contributed by atoms with Crippen molar-refractivity contribution in [3.63, 3.8) is 0 Å². The fraction of sp³-hybridized carbons (Fsp3) is 0.167. The van der Waals surface area contributed by atoms with Gasteiger partial charge in [-0.05, 0) is 6.07 Å². The summed E-state index contributed by atoms with van der Waals surface area (Å²) < 4.78 is 5.13. The highest BCUT2D eigenvalue weighted by Gasteiger charge is 2.07. The van der Waals surface area contributed by atoms with Crippen LogP contribution >= 0.6 is 23.2 Å². The first-order valence-electron chi connectivity index (χ1n) is 5.23. The monoisotopic (exact) mass is 283 g/mol. The van der Waals surface area contributed by atoms with E-state index < -0.39 is 0 Å². The number of aromatic nitrogens is 2. The Bertz CT molecular complexity index is 549. The molecule has 0 aliphatic rings. The summed E-state index contributed by atoms with van der Waals surface area (Å²) in [4.78, 5) is 0. The van der Waals surface area contributed by atoms with Crippen LogP contribution in [-0.2, 0) is 11.3 Å².